The predicted octanol–water partition coefficient (Wildman–Crippen LogP) is 4.32. The Hall–Kier alpha value is -4.40. The Morgan fingerprint density at radius 1 is 1.03 bits per heavy atom. The van der Waals surface area contributed by atoms with Gasteiger partial charge in [0.15, 0.2) is 12.9 Å². The van der Waals surface area contributed by atoms with E-state index in [9.17, 15) is 14.8 Å². The van der Waals surface area contributed by atoms with E-state index in [-0.39, 0.29) is 23.8 Å². The summed E-state index contributed by atoms with van der Waals surface area (Å²) < 4.78 is 12.3. The fourth-order valence-electron chi connectivity index (χ4n) is 3.95. The third-order valence-electron chi connectivity index (χ3n) is 5.68. The molecule has 2 aromatic heterocycles. The topological polar surface area (TPSA) is 103 Å². The molecule has 0 spiro atoms. The number of aromatic hydroxyl groups is 1. The molecular formula is C25H24N3O6+. The van der Waals surface area contributed by atoms with Crippen molar-refractivity contribution in [1.82, 2.24) is 9.55 Å². The first-order valence-electron chi connectivity index (χ1n) is 10.4. The number of aromatic nitrogens is 2. The van der Waals surface area contributed by atoms with E-state index in [0.717, 1.165) is 0 Å². The zero-order valence-electron chi connectivity index (χ0n) is 19.2. The number of benzene rings is 2. The van der Waals surface area contributed by atoms with E-state index < -0.39 is 0 Å². The minimum atomic E-state index is -0.172. The van der Waals surface area contributed by atoms with Gasteiger partial charge in [-0.05, 0) is 49.4 Å². The molecule has 34 heavy (non-hydrogen) atoms. The first-order chi connectivity index (χ1) is 16.4. The molecule has 1 N–H and O–H groups in total. The Balaban J connectivity index is 1.90. The monoisotopic (exact) mass is 462 g/mol. The standard InChI is InChI=1S/C25H23N3O6/c1-15-23(24(30)16-5-8-19(32-2)9-6-16)20-10-12-22(33-3)26-25(20)27(15)14-17-13-18(29)7-11-21(17)28(31)34-4/h5-13H,14H2,1-4H3/p+1. The number of hydrogen-bond donors (Lipinski definition) is 1. The van der Waals surface area contributed by atoms with Gasteiger partial charge in [-0.3, -0.25) is 4.79 Å². The van der Waals surface area contributed by atoms with E-state index in [0.29, 0.717) is 50.0 Å². The van der Waals surface area contributed by atoms with Crippen molar-refractivity contribution in [2.24, 2.45) is 0 Å². The van der Waals surface area contributed by atoms with E-state index >= 15 is 0 Å². The van der Waals surface area contributed by atoms with Crippen molar-refractivity contribution < 1.29 is 29.1 Å². The molecule has 0 amide bonds. The number of phenolic OH excluding ortho intramolecular Hbond substituents is 1. The van der Waals surface area contributed by atoms with Crippen LogP contribution in [0.2, 0.25) is 0 Å². The zero-order chi connectivity index (χ0) is 24.4. The summed E-state index contributed by atoms with van der Waals surface area (Å²) in [7, 11) is 4.34. The molecule has 174 valence electrons. The predicted molar refractivity (Wildman–Crippen MR) is 125 cm³/mol. The van der Waals surface area contributed by atoms with Crippen LogP contribution in [0.3, 0.4) is 0 Å². The van der Waals surface area contributed by atoms with E-state index in [2.05, 4.69) is 4.98 Å². The van der Waals surface area contributed by atoms with Crippen molar-refractivity contribution in [3.05, 3.63) is 81.9 Å². The molecular weight excluding hydrogens is 438 g/mol. The molecule has 0 unspecified atom stereocenters. The maximum Gasteiger partial charge on any atom is 0.321 e. The largest absolute Gasteiger partial charge is 0.508 e. The van der Waals surface area contributed by atoms with Crippen LogP contribution in [0.1, 0.15) is 27.2 Å². The molecule has 2 heterocycles. The third kappa shape index (κ3) is 4.03. The molecule has 0 aliphatic rings. The van der Waals surface area contributed by atoms with Crippen molar-refractivity contribution in [2.45, 2.75) is 13.5 Å². The maximum atomic E-state index is 13.5. The minimum absolute atomic E-state index is 0.00237. The lowest BCUT2D eigenvalue weighted by Crippen LogP contribution is -2.09. The second-order valence-corrected chi connectivity index (χ2v) is 7.58. The number of ketones is 1. The summed E-state index contributed by atoms with van der Waals surface area (Å²) in [4.78, 5) is 35.5. The van der Waals surface area contributed by atoms with Crippen molar-refractivity contribution >= 4 is 22.5 Å². The van der Waals surface area contributed by atoms with Crippen LogP contribution >= 0.6 is 0 Å². The second-order valence-electron chi connectivity index (χ2n) is 7.58. The Kier molecular flexibility index (Phi) is 6.18. The molecule has 0 radical (unpaired) electrons. The Morgan fingerprint density at radius 2 is 1.76 bits per heavy atom. The fourth-order valence-corrected chi connectivity index (χ4v) is 3.95. The van der Waals surface area contributed by atoms with Gasteiger partial charge < -0.3 is 19.1 Å². The first kappa shape index (κ1) is 22.8. The first-order valence-corrected chi connectivity index (χ1v) is 10.4. The van der Waals surface area contributed by atoms with Crippen molar-refractivity contribution in [3.8, 4) is 17.4 Å². The summed E-state index contributed by atoms with van der Waals surface area (Å²) in [5.74, 6) is 0.860. The molecule has 0 bridgehead atoms. The summed E-state index contributed by atoms with van der Waals surface area (Å²) >= 11 is 0. The van der Waals surface area contributed by atoms with Gasteiger partial charge in [-0.2, -0.15) is 4.98 Å². The average Bonchev–Trinajstić information content (AvgIpc) is 3.13. The molecule has 9 nitrogen and oxygen atoms in total. The third-order valence-corrected chi connectivity index (χ3v) is 5.68. The number of fused-ring (bicyclic) bond motifs is 1. The Morgan fingerprint density at radius 3 is 2.41 bits per heavy atom. The van der Waals surface area contributed by atoms with Gasteiger partial charge in [0.25, 0.3) is 4.92 Å². The number of rotatable bonds is 8. The molecule has 0 aliphatic carbocycles. The van der Waals surface area contributed by atoms with Crippen LogP contribution in [0, 0.1) is 11.8 Å². The number of carbonyl (C=O) groups is 1. The fraction of sp³-hybridized carbons (Fsp3) is 0.200. The normalized spacial score (nSPS) is 10.8. The van der Waals surface area contributed by atoms with Gasteiger partial charge in [-0.1, -0.05) is 0 Å². The number of nitrogens with zero attached hydrogens (tertiary/aromatic N) is 3. The van der Waals surface area contributed by atoms with Crippen molar-refractivity contribution in [3.63, 3.8) is 0 Å². The van der Waals surface area contributed by atoms with Crippen LogP contribution in [0.15, 0.2) is 54.6 Å². The van der Waals surface area contributed by atoms with Crippen LogP contribution in [-0.4, -0.2) is 46.7 Å². The number of methoxy groups -OCH3 is 2. The molecule has 4 rings (SSSR count). The van der Waals surface area contributed by atoms with Crippen LogP contribution in [0.25, 0.3) is 11.0 Å². The van der Waals surface area contributed by atoms with Crippen LogP contribution in [0.4, 0.5) is 5.69 Å². The van der Waals surface area contributed by atoms with Gasteiger partial charge in [0, 0.05) is 28.8 Å². The van der Waals surface area contributed by atoms with E-state index in [1.807, 2.05) is 11.5 Å². The minimum Gasteiger partial charge on any atom is -0.508 e. The van der Waals surface area contributed by atoms with E-state index in [4.69, 9.17) is 14.3 Å². The lowest BCUT2D eigenvalue weighted by Gasteiger charge is -2.09. The number of phenols is 1. The molecule has 2 aromatic carbocycles. The van der Waals surface area contributed by atoms with E-state index in [1.165, 1.54) is 32.4 Å². The molecule has 0 saturated heterocycles. The lowest BCUT2D eigenvalue weighted by atomic mass is 10.0. The zero-order valence-corrected chi connectivity index (χ0v) is 19.2. The van der Waals surface area contributed by atoms with Gasteiger partial charge in [-0.25, -0.2) is 4.84 Å². The number of pyridine rings is 1. The molecule has 0 saturated carbocycles. The molecule has 0 aliphatic heterocycles. The van der Waals surface area contributed by atoms with Crippen LogP contribution in [-0.2, 0) is 11.4 Å². The second kappa shape index (κ2) is 9.22. The van der Waals surface area contributed by atoms with Gasteiger partial charge in [0.1, 0.15) is 17.1 Å². The van der Waals surface area contributed by atoms with Gasteiger partial charge >= 0.3 is 5.69 Å². The summed E-state index contributed by atoms with van der Waals surface area (Å²) in [5, 5.41) is 10.7. The highest BCUT2D eigenvalue weighted by atomic mass is 16.8. The Labute approximate surface area is 195 Å². The highest BCUT2D eigenvalue weighted by molar-refractivity contribution is 6.17. The van der Waals surface area contributed by atoms with Gasteiger partial charge in [0.05, 0.1) is 36.8 Å². The summed E-state index contributed by atoms with van der Waals surface area (Å²) in [6.45, 7) is 1.98. The summed E-state index contributed by atoms with van der Waals surface area (Å²) in [6, 6.07) is 14.7. The SMILES string of the molecule is COc1ccc(C(=O)c2c(C)n(Cc3cc(O)ccc3[N+](=O)OC)c3nc(OC)ccc23)cc1. The summed E-state index contributed by atoms with van der Waals surface area (Å²) in [5.41, 5.74) is 2.88. The number of carbonyl (C=O) groups excluding carboxylic acids is 1. The molecule has 0 atom stereocenters. The van der Waals surface area contributed by atoms with Crippen molar-refractivity contribution in [2.75, 3.05) is 21.3 Å². The van der Waals surface area contributed by atoms with Crippen LogP contribution in [0.5, 0.6) is 17.4 Å². The highest BCUT2D eigenvalue weighted by Gasteiger charge is 2.26. The Bertz CT molecular complexity index is 1390. The smallest absolute Gasteiger partial charge is 0.321 e. The van der Waals surface area contributed by atoms with Crippen LogP contribution < -0.4 is 9.47 Å². The highest BCUT2D eigenvalue weighted by Crippen LogP contribution is 2.32. The quantitative estimate of drug-likeness (QED) is 0.307. The van der Waals surface area contributed by atoms with Gasteiger partial charge in [-0.15, -0.1) is 0 Å². The molecule has 0 fully saturated rings. The molecule has 4 aromatic rings. The number of hydrogen-bond acceptors (Lipinski definition) is 7. The average molecular weight is 462 g/mol. The summed E-state index contributed by atoms with van der Waals surface area (Å²) in [6.07, 6.45) is 0. The number of ether oxygens (including phenoxy) is 2. The molecule has 9 heteroatoms. The van der Waals surface area contributed by atoms with Crippen molar-refractivity contribution in [1.29, 1.82) is 0 Å². The van der Waals surface area contributed by atoms with E-state index in [1.54, 1.807) is 43.5 Å². The van der Waals surface area contributed by atoms with Gasteiger partial charge in [0.2, 0.25) is 5.88 Å². The maximum absolute atomic E-state index is 13.5. The lowest BCUT2D eigenvalue weighted by molar-refractivity contribution is -0.737.